The van der Waals surface area contributed by atoms with Crippen LogP contribution >= 0.6 is 0 Å². The van der Waals surface area contributed by atoms with E-state index in [1.807, 2.05) is 13.0 Å². The topological polar surface area (TPSA) is 69.7 Å². The molecule has 0 aromatic heterocycles. The Bertz CT molecular complexity index is 752. The molecule has 0 spiro atoms. The van der Waals surface area contributed by atoms with Crippen molar-refractivity contribution in [3.8, 4) is 0 Å². The Kier molecular flexibility index (Phi) is 6.46. The molecule has 2 aromatic carbocycles. The van der Waals surface area contributed by atoms with E-state index < -0.39 is 18.0 Å². The molecule has 0 fully saturated rings. The van der Waals surface area contributed by atoms with Crippen molar-refractivity contribution in [3.63, 3.8) is 0 Å². The van der Waals surface area contributed by atoms with Gasteiger partial charge in [0.1, 0.15) is 0 Å². The van der Waals surface area contributed by atoms with Gasteiger partial charge >= 0.3 is 11.9 Å². The molecule has 0 N–H and O–H groups in total. The molecule has 0 aliphatic heterocycles. The molecule has 0 heterocycles. The van der Waals surface area contributed by atoms with Crippen molar-refractivity contribution in [3.05, 3.63) is 71.3 Å². The molecule has 0 saturated carbocycles. The van der Waals surface area contributed by atoms with Gasteiger partial charge in [-0.15, -0.1) is 0 Å². The molecule has 2 aromatic rings. The van der Waals surface area contributed by atoms with Crippen molar-refractivity contribution < 1.29 is 23.9 Å². The summed E-state index contributed by atoms with van der Waals surface area (Å²) in [7, 11) is 0. The highest BCUT2D eigenvalue weighted by atomic mass is 16.6. The van der Waals surface area contributed by atoms with Crippen LogP contribution in [0.4, 0.5) is 0 Å². The van der Waals surface area contributed by atoms with E-state index in [1.54, 1.807) is 36.4 Å². The maximum absolute atomic E-state index is 12.4. The minimum absolute atomic E-state index is 0.189. The molecular weight excluding hydrogens is 320 g/mol. The van der Waals surface area contributed by atoms with Gasteiger partial charge in [-0.25, -0.2) is 9.59 Å². The van der Waals surface area contributed by atoms with Gasteiger partial charge in [0.05, 0.1) is 12.2 Å². The van der Waals surface area contributed by atoms with Crippen LogP contribution in [-0.4, -0.2) is 30.4 Å². The fraction of sp³-hybridized carbons (Fsp3) is 0.250. The summed E-state index contributed by atoms with van der Waals surface area (Å²) < 4.78 is 10.1. The molecule has 1 atom stereocenters. The molecule has 0 amide bonds. The number of hydrogen-bond donors (Lipinski definition) is 0. The zero-order valence-corrected chi connectivity index (χ0v) is 14.2. The number of ether oxygens (including phenoxy) is 2. The van der Waals surface area contributed by atoms with Gasteiger partial charge in [-0.05, 0) is 25.5 Å². The molecule has 2 rings (SSSR count). The predicted octanol–water partition coefficient (Wildman–Crippen LogP) is 3.42. The van der Waals surface area contributed by atoms with Crippen LogP contribution in [0.5, 0.6) is 0 Å². The number of carbonyl (C=O) groups is 3. The summed E-state index contributed by atoms with van der Waals surface area (Å²) >= 11 is 0. The van der Waals surface area contributed by atoms with Crippen molar-refractivity contribution in [1.29, 1.82) is 0 Å². The highest BCUT2D eigenvalue weighted by molar-refractivity contribution is 6.10. The fourth-order valence-electron chi connectivity index (χ4n) is 2.14. The van der Waals surface area contributed by atoms with Crippen LogP contribution in [0.1, 0.15) is 46.5 Å². The second-order valence-corrected chi connectivity index (χ2v) is 5.49. The normalized spacial score (nSPS) is 11.4. The van der Waals surface area contributed by atoms with E-state index in [0.717, 1.165) is 0 Å². The first kappa shape index (κ1) is 18.4. The minimum Gasteiger partial charge on any atom is -0.463 e. The minimum atomic E-state index is -1.01. The summed E-state index contributed by atoms with van der Waals surface area (Å²) in [5, 5.41) is 0. The third-order valence-electron chi connectivity index (χ3n) is 3.46. The first-order valence-electron chi connectivity index (χ1n) is 8.10. The summed E-state index contributed by atoms with van der Waals surface area (Å²) in [5.41, 5.74) is 1.11. The zero-order chi connectivity index (χ0) is 18.2. The average Bonchev–Trinajstić information content (AvgIpc) is 2.66. The van der Waals surface area contributed by atoms with Crippen LogP contribution in [0.15, 0.2) is 54.6 Å². The van der Waals surface area contributed by atoms with Crippen molar-refractivity contribution >= 4 is 17.7 Å². The van der Waals surface area contributed by atoms with Crippen LogP contribution in [0.25, 0.3) is 0 Å². The van der Waals surface area contributed by atoms with E-state index in [4.69, 9.17) is 9.47 Å². The third-order valence-corrected chi connectivity index (χ3v) is 3.46. The lowest BCUT2D eigenvalue weighted by Gasteiger charge is -2.12. The summed E-state index contributed by atoms with van der Waals surface area (Å²) in [6.45, 7) is 3.61. The molecule has 25 heavy (non-hydrogen) atoms. The van der Waals surface area contributed by atoms with E-state index in [0.29, 0.717) is 17.5 Å². The number of esters is 2. The van der Waals surface area contributed by atoms with E-state index in [2.05, 4.69) is 0 Å². The summed E-state index contributed by atoms with van der Waals surface area (Å²) in [5.74, 6) is -1.46. The van der Waals surface area contributed by atoms with Gasteiger partial charge in [-0.1, -0.05) is 49.4 Å². The molecule has 1 unspecified atom stereocenters. The molecular formula is C20H20O5. The van der Waals surface area contributed by atoms with Crippen molar-refractivity contribution in [2.75, 3.05) is 6.61 Å². The van der Waals surface area contributed by atoms with Crippen molar-refractivity contribution in [2.24, 2.45) is 0 Å². The summed E-state index contributed by atoms with van der Waals surface area (Å²) in [4.78, 5) is 36.3. The standard InChI is InChI=1S/C20H20O5/c1-3-12-24-19(22)14(2)25-20(23)17-11-7-10-16(13-17)18(21)15-8-5-4-6-9-15/h4-11,13-14H,3,12H2,1-2H3. The highest BCUT2D eigenvalue weighted by Gasteiger charge is 2.21. The Labute approximate surface area is 146 Å². The van der Waals surface area contributed by atoms with Gasteiger partial charge in [-0.3, -0.25) is 4.79 Å². The third kappa shape index (κ3) is 5.01. The lowest BCUT2D eigenvalue weighted by molar-refractivity contribution is -0.153. The first-order valence-corrected chi connectivity index (χ1v) is 8.10. The molecule has 5 heteroatoms. The molecule has 5 nitrogen and oxygen atoms in total. The fourth-order valence-corrected chi connectivity index (χ4v) is 2.14. The molecule has 0 aliphatic rings. The largest absolute Gasteiger partial charge is 0.463 e. The van der Waals surface area contributed by atoms with E-state index >= 15 is 0 Å². The molecule has 0 bridgehead atoms. The highest BCUT2D eigenvalue weighted by Crippen LogP contribution is 2.13. The second kappa shape index (κ2) is 8.78. The number of ketones is 1. The maximum Gasteiger partial charge on any atom is 0.347 e. The lowest BCUT2D eigenvalue weighted by Crippen LogP contribution is -2.26. The Morgan fingerprint density at radius 1 is 0.920 bits per heavy atom. The van der Waals surface area contributed by atoms with Crippen LogP contribution in [0, 0.1) is 0 Å². The first-order chi connectivity index (χ1) is 12.0. The quantitative estimate of drug-likeness (QED) is 0.570. The van der Waals surface area contributed by atoms with Crippen LogP contribution < -0.4 is 0 Å². The van der Waals surface area contributed by atoms with Crippen LogP contribution in [-0.2, 0) is 14.3 Å². The Morgan fingerprint density at radius 2 is 1.56 bits per heavy atom. The van der Waals surface area contributed by atoms with E-state index in [1.165, 1.54) is 19.1 Å². The van der Waals surface area contributed by atoms with E-state index in [9.17, 15) is 14.4 Å². The van der Waals surface area contributed by atoms with Gasteiger partial charge in [-0.2, -0.15) is 0 Å². The van der Waals surface area contributed by atoms with Gasteiger partial charge in [0.2, 0.25) is 0 Å². The number of hydrogen-bond acceptors (Lipinski definition) is 5. The Balaban J connectivity index is 2.09. The Morgan fingerprint density at radius 3 is 2.24 bits per heavy atom. The molecule has 0 aliphatic carbocycles. The Hall–Kier alpha value is -2.95. The van der Waals surface area contributed by atoms with Crippen LogP contribution in [0.2, 0.25) is 0 Å². The number of rotatable bonds is 7. The number of benzene rings is 2. The SMILES string of the molecule is CCCOC(=O)C(C)OC(=O)c1cccc(C(=O)c2ccccc2)c1. The maximum atomic E-state index is 12.4. The molecule has 130 valence electrons. The second-order valence-electron chi connectivity index (χ2n) is 5.49. The van der Waals surface area contributed by atoms with Gasteiger partial charge in [0.25, 0.3) is 0 Å². The number of carbonyl (C=O) groups excluding carboxylic acids is 3. The zero-order valence-electron chi connectivity index (χ0n) is 14.2. The smallest absolute Gasteiger partial charge is 0.347 e. The predicted molar refractivity (Wildman–Crippen MR) is 92.4 cm³/mol. The van der Waals surface area contributed by atoms with Gasteiger partial charge in [0, 0.05) is 11.1 Å². The van der Waals surface area contributed by atoms with Crippen LogP contribution in [0.3, 0.4) is 0 Å². The average molecular weight is 340 g/mol. The van der Waals surface area contributed by atoms with Gasteiger partial charge in [0.15, 0.2) is 11.9 Å². The lowest BCUT2D eigenvalue weighted by atomic mass is 10.0. The monoisotopic (exact) mass is 340 g/mol. The summed E-state index contributed by atoms with van der Waals surface area (Å²) in [6.07, 6.45) is -0.316. The molecule has 0 radical (unpaired) electrons. The van der Waals surface area contributed by atoms with Crippen molar-refractivity contribution in [1.82, 2.24) is 0 Å². The van der Waals surface area contributed by atoms with E-state index in [-0.39, 0.29) is 18.0 Å². The van der Waals surface area contributed by atoms with Crippen molar-refractivity contribution in [2.45, 2.75) is 26.4 Å². The summed E-state index contributed by atoms with van der Waals surface area (Å²) in [6, 6.07) is 15.0. The van der Waals surface area contributed by atoms with Gasteiger partial charge < -0.3 is 9.47 Å². The molecule has 0 saturated heterocycles.